The van der Waals surface area contributed by atoms with Crippen LogP contribution in [0.5, 0.6) is 0 Å². The van der Waals surface area contributed by atoms with Gasteiger partial charge in [-0.05, 0) is 12.8 Å². The summed E-state index contributed by atoms with van der Waals surface area (Å²) in [4.78, 5) is 11.3. The Morgan fingerprint density at radius 1 is 1.69 bits per heavy atom. The maximum absolute atomic E-state index is 11.3. The highest BCUT2D eigenvalue weighted by molar-refractivity contribution is 5.81. The van der Waals surface area contributed by atoms with Gasteiger partial charge in [-0.15, -0.1) is 0 Å². The summed E-state index contributed by atoms with van der Waals surface area (Å²) in [6.45, 7) is 2.02. The Morgan fingerprint density at radius 2 is 2.31 bits per heavy atom. The Bertz CT molecular complexity index is 180. The van der Waals surface area contributed by atoms with E-state index >= 15 is 0 Å². The average molecular weight is 187 g/mol. The van der Waals surface area contributed by atoms with Crippen LogP contribution in [-0.2, 0) is 4.79 Å². The van der Waals surface area contributed by atoms with Crippen LogP contribution in [-0.4, -0.2) is 29.2 Å². The van der Waals surface area contributed by atoms with Crippen molar-refractivity contribution in [1.82, 2.24) is 5.32 Å². The summed E-state index contributed by atoms with van der Waals surface area (Å²) in [7, 11) is 0. The molecule has 0 radical (unpaired) electrons. The molecule has 5 N–H and O–H groups in total. The van der Waals surface area contributed by atoms with Gasteiger partial charge in [0.15, 0.2) is 6.10 Å². The molecule has 1 amide bonds. The molecule has 1 rings (SSSR count). The number of aliphatic hydroxyl groups is 1. The monoisotopic (exact) mass is 187 g/mol. The molecule has 1 aliphatic carbocycles. The first-order valence-corrected chi connectivity index (χ1v) is 4.96. The van der Waals surface area contributed by atoms with Crippen LogP contribution in [0.4, 0.5) is 0 Å². The first-order valence-electron chi connectivity index (χ1n) is 4.96. The second-order valence-corrected chi connectivity index (χ2v) is 3.78. The lowest BCUT2D eigenvalue weighted by Gasteiger charge is -2.14. The first-order chi connectivity index (χ1) is 6.15. The van der Waals surface area contributed by atoms with Crippen molar-refractivity contribution < 1.29 is 15.6 Å². The van der Waals surface area contributed by atoms with E-state index in [1.807, 2.05) is 6.92 Å². The normalized spacial score (nSPS) is 20.8. The lowest BCUT2D eigenvalue weighted by atomic mass is 10.1. The molecule has 0 aromatic carbocycles. The number of rotatable bonds is 5. The second kappa shape index (κ2) is 4.58. The Kier molecular flexibility index (Phi) is 3.69. The summed E-state index contributed by atoms with van der Waals surface area (Å²) in [6.07, 6.45) is 2.91. The van der Waals surface area contributed by atoms with Gasteiger partial charge in [-0.1, -0.05) is 13.3 Å². The van der Waals surface area contributed by atoms with Crippen molar-refractivity contribution in [3.8, 4) is 0 Å². The molecule has 0 heterocycles. The molecule has 76 valence electrons. The quantitative estimate of drug-likeness (QED) is 0.518. The van der Waals surface area contributed by atoms with Crippen molar-refractivity contribution >= 4 is 5.91 Å². The van der Waals surface area contributed by atoms with Crippen LogP contribution in [0.15, 0.2) is 0 Å². The molecule has 0 saturated heterocycles. The predicted octanol–water partition coefficient (Wildman–Crippen LogP) is -0.963. The van der Waals surface area contributed by atoms with Crippen LogP contribution in [0.25, 0.3) is 0 Å². The molecule has 1 fully saturated rings. The zero-order chi connectivity index (χ0) is 9.84. The van der Waals surface area contributed by atoms with Gasteiger partial charge in [-0.25, -0.2) is 0 Å². The van der Waals surface area contributed by atoms with E-state index in [1.54, 1.807) is 0 Å². The molecule has 2 atom stereocenters. The molecular weight excluding hydrogens is 168 g/mol. The van der Waals surface area contributed by atoms with Crippen molar-refractivity contribution in [3.05, 3.63) is 0 Å². The van der Waals surface area contributed by atoms with Gasteiger partial charge in [-0.2, -0.15) is 0 Å². The summed E-state index contributed by atoms with van der Waals surface area (Å²) < 4.78 is 0. The van der Waals surface area contributed by atoms with Crippen molar-refractivity contribution in [2.75, 3.05) is 0 Å². The maximum Gasteiger partial charge on any atom is 0.255 e. The van der Waals surface area contributed by atoms with Gasteiger partial charge < -0.3 is 16.2 Å². The van der Waals surface area contributed by atoms with Gasteiger partial charge in [0, 0.05) is 12.5 Å². The lowest BCUT2D eigenvalue weighted by molar-refractivity contribution is -0.434. The number of hydrogen-bond donors (Lipinski definition) is 3. The topological polar surface area (TPSA) is 77.0 Å². The zero-order valence-electron chi connectivity index (χ0n) is 8.12. The van der Waals surface area contributed by atoms with Crippen LogP contribution in [0.2, 0.25) is 0 Å². The van der Waals surface area contributed by atoms with E-state index in [0.717, 1.165) is 25.7 Å². The summed E-state index contributed by atoms with van der Waals surface area (Å²) in [5, 5.41) is 12.3. The third-order valence-corrected chi connectivity index (χ3v) is 2.30. The van der Waals surface area contributed by atoms with E-state index in [-0.39, 0.29) is 11.9 Å². The smallest absolute Gasteiger partial charge is 0.255 e. The summed E-state index contributed by atoms with van der Waals surface area (Å²) in [6, 6.07) is 0.139. The number of nitrogens with one attached hydrogen (secondary N) is 1. The fraction of sp³-hybridized carbons (Fsp3) is 0.889. The average Bonchev–Trinajstić information content (AvgIpc) is 2.87. The minimum atomic E-state index is -0.930. The predicted molar refractivity (Wildman–Crippen MR) is 48.8 cm³/mol. The number of hydrogen-bond acceptors (Lipinski definition) is 2. The standard InChI is InChI=1S/C9H18N2O2/c1-2-3-7(10)8(12)9(13)11-6-4-5-6/h6-8,12H,2-5,10H2,1H3,(H,11,13)/p+1/t7-,8-/m0/s1. The molecule has 0 aromatic heterocycles. The van der Waals surface area contributed by atoms with Crippen LogP contribution in [0, 0.1) is 0 Å². The van der Waals surface area contributed by atoms with Gasteiger partial charge in [0.25, 0.3) is 5.91 Å². The van der Waals surface area contributed by atoms with Crippen molar-refractivity contribution in [1.29, 1.82) is 0 Å². The molecule has 0 aliphatic heterocycles. The number of quaternary nitrogens is 1. The second-order valence-electron chi connectivity index (χ2n) is 3.78. The highest BCUT2D eigenvalue weighted by Gasteiger charge is 2.30. The molecule has 0 unspecified atom stereocenters. The van der Waals surface area contributed by atoms with Gasteiger partial charge in [0.2, 0.25) is 0 Å². The number of amides is 1. The van der Waals surface area contributed by atoms with E-state index in [0.29, 0.717) is 6.04 Å². The molecule has 0 aromatic rings. The van der Waals surface area contributed by atoms with Crippen LogP contribution < -0.4 is 11.1 Å². The van der Waals surface area contributed by atoms with Crippen molar-refractivity contribution in [2.24, 2.45) is 0 Å². The molecule has 1 aliphatic rings. The van der Waals surface area contributed by atoms with Gasteiger partial charge in [0.05, 0.1) is 0 Å². The molecule has 0 bridgehead atoms. The summed E-state index contributed by atoms with van der Waals surface area (Å²) >= 11 is 0. The van der Waals surface area contributed by atoms with E-state index in [4.69, 9.17) is 0 Å². The summed E-state index contributed by atoms with van der Waals surface area (Å²) in [5.74, 6) is -0.254. The number of aliphatic hydroxyl groups excluding tert-OH is 1. The Hall–Kier alpha value is -0.610. The minimum Gasteiger partial charge on any atom is -0.378 e. The molecule has 1 saturated carbocycles. The van der Waals surface area contributed by atoms with Crippen molar-refractivity contribution in [3.63, 3.8) is 0 Å². The van der Waals surface area contributed by atoms with Crippen LogP contribution in [0.1, 0.15) is 32.6 Å². The van der Waals surface area contributed by atoms with E-state index in [9.17, 15) is 9.90 Å². The Morgan fingerprint density at radius 3 is 2.77 bits per heavy atom. The third-order valence-electron chi connectivity index (χ3n) is 2.30. The molecule has 4 nitrogen and oxygen atoms in total. The SMILES string of the molecule is CCC[C@H]([NH3+])[C@H](O)C(=O)NC1CC1. The van der Waals surface area contributed by atoms with E-state index < -0.39 is 6.10 Å². The summed E-state index contributed by atoms with van der Waals surface area (Å²) in [5.41, 5.74) is 3.77. The van der Waals surface area contributed by atoms with Gasteiger partial charge >= 0.3 is 0 Å². The van der Waals surface area contributed by atoms with Crippen LogP contribution in [0.3, 0.4) is 0 Å². The first kappa shape index (κ1) is 10.5. The third kappa shape index (κ3) is 3.32. The lowest BCUT2D eigenvalue weighted by Crippen LogP contribution is -2.68. The largest absolute Gasteiger partial charge is 0.378 e. The molecule has 0 spiro atoms. The minimum absolute atomic E-state index is 0.177. The molecule has 13 heavy (non-hydrogen) atoms. The molecular formula is C9H19N2O2+. The van der Waals surface area contributed by atoms with Gasteiger partial charge in [0.1, 0.15) is 6.04 Å². The molecule has 4 heteroatoms. The Labute approximate surface area is 78.5 Å². The maximum atomic E-state index is 11.3. The highest BCUT2D eigenvalue weighted by Crippen LogP contribution is 2.18. The Balaban J connectivity index is 2.26. The van der Waals surface area contributed by atoms with Crippen molar-refractivity contribution in [2.45, 2.75) is 50.8 Å². The number of carbonyl (C=O) groups excluding carboxylic acids is 1. The fourth-order valence-corrected chi connectivity index (χ4v) is 1.26. The zero-order valence-corrected chi connectivity index (χ0v) is 8.12. The fourth-order valence-electron chi connectivity index (χ4n) is 1.26. The van der Waals surface area contributed by atoms with Crippen LogP contribution >= 0.6 is 0 Å². The number of carbonyl (C=O) groups is 1. The highest BCUT2D eigenvalue weighted by atomic mass is 16.3. The van der Waals surface area contributed by atoms with Gasteiger partial charge in [-0.3, -0.25) is 4.79 Å². The van der Waals surface area contributed by atoms with E-state index in [1.165, 1.54) is 0 Å². The van der Waals surface area contributed by atoms with E-state index in [2.05, 4.69) is 11.1 Å².